The van der Waals surface area contributed by atoms with Gasteiger partial charge in [-0.05, 0) is 74.2 Å². The monoisotopic (exact) mass is 480 g/mol. The van der Waals surface area contributed by atoms with Crippen molar-refractivity contribution in [2.24, 2.45) is 0 Å². The Morgan fingerprint density at radius 1 is 1.28 bits per heavy atom. The second-order valence-corrected chi connectivity index (χ2v) is 9.89. The Labute approximate surface area is 180 Å². The van der Waals surface area contributed by atoms with Gasteiger partial charge in [-0.25, -0.2) is 13.1 Å². The number of hydrogen-bond acceptors (Lipinski definition) is 4. The van der Waals surface area contributed by atoms with Crippen molar-refractivity contribution in [1.29, 1.82) is 0 Å². The quantitative estimate of drug-likeness (QED) is 0.653. The fraction of sp³-hybridized carbons (Fsp3) is 0.381. The molecule has 8 heteroatoms. The average Bonchev–Trinajstić information content (AvgIpc) is 2.99. The summed E-state index contributed by atoms with van der Waals surface area (Å²) in [5.74, 6) is 0.370. The lowest BCUT2D eigenvalue weighted by atomic mass is 10.1. The summed E-state index contributed by atoms with van der Waals surface area (Å²) < 4.78 is 33.8. The molecule has 156 valence electrons. The molecule has 0 aliphatic carbocycles. The van der Waals surface area contributed by atoms with Gasteiger partial charge >= 0.3 is 0 Å². The molecule has 0 unspecified atom stereocenters. The number of fused-ring (bicyclic) bond motifs is 1. The molecular weight excluding hydrogens is 456 g/mol. The number of carbonyl (C=O) groups excluding carboxylic acids is 1. The summed E-state index contributed by atoms with van der Waals surface area (Å²) in [6.45, 7) is 5.96. The highest BCUT2D eigenvalue weighted by molar-refractivity contribution is 9.10. The molecule has 0 fully saturated rings. The van der Waals surface area contributed by atoms with Crippen molar-refractivity contribution in [3.05, 3.63) is 52.0 Å². The number of nitrogens with zero attached hydrogens (tertiary/aromatic N) is 1. The Morgan fingerprint density at radius 2 is 2.03 bits per heavy atom. The number of sulfonamides is 1. The molecule has 0 saturated heterocycles. The molecule has 3 rings (SSSR count). The van der Waals surface area contributed by atoms with Crippen LogP contribution in [0.25, 0.3) is 0 Å². The highest BCUT2D eigenvalue weighted by Crippen LogP contribution is 2.34. The van der Waals surface area contributed by atoms with Gasteiger partial charge in [0.05, 0.1) is 4.90 Å². The number of nitrogens with one attached hydrogen (secondary N) is 1. The molecule has 2 aromatic rings. The number of carbonyl (C=O) groups is 1. The zero-order valence-electron chi connectivity index (χ0n) is 16.7. The molecule has 1 aliphatic rings. The van der Waals surface area contributed by atoms with Crippen molar-refractivity contribution in [2.75, 3.05) is 18.1 Å². The van der Waals surface area contributed by atoms with Crippen LogP contribution in [0.2, 0.25) is 0 Å². The number of amides is 1. The predicted molar refractivity (Wildman–Crippen MR) is 117 cm³/mol. The van der Waals surface area contributed by atoms with Crippen LogP contribution in [0.1, 0.15) is 31.4 Å². The van der Waals surface area contributed by atoms with Gasteiger partial charge < -0.3 is 9.64 Å². The summed E-state index contributed by atoms with van der Waals surface area (Å²) >= 11 is 3.47. The Kier molecular flexibility index (Phi) is 6.65. The van der Waals surface area contributed by atoms with Gasteiger partial charge in [0.2, 0.25) is 10.0 Å². The Bertz CT molecular complexity index is 1020. The number of benzene rings is 2. The van der Waals surface area contributed by atoms with Crippen LogP contribution in [-0.2, 0) is 21.2 Å². The minimum atomic E-state index is -3.53. The van der Waals surface area contributed by atoms with Crippen LogP contribution >= 0.6 is 15.9 Å². The number of rotatable bonds is 7. The van der Waals surface area contributed by atoms with Crippen LogP contribution in [-0.4, -0.2) is 33.5 Å². The van der Waals surface area contributed by atoms with Crippen molar-refractivity contribution >= 4 is 37.5 Å². The standard InChI is InChI=1S/C21H25BrN2O4S/c1-4-9-23-29(26,27)18-6-8-20(14(2)10-18)28-13-21(25)24-15(3)11-16-12-17(22)5-7-19(16)24/h5-8,10,12,15,23H,4,9,11,13H2,1-3H3/t15-/m0/s1. The van der Waals surface area contributed by atoms with E-state index in [0.717, 1.165) is 28.6 Å². The van der Waals surface area contributed by atoms with Crippen LogP contribution in [0.3, 0.4) is 0 Å². The number of halogens is 1. The van der Waals surface area contributed by atoms with Crippen LogP contribution in [0, 0.1) is 6.92 Å². The summed E-state index contributed by atoms with van der Waals surface area (Å²) in [7, 11) is -3.53. The first-order valence-electron chi connectivity index (χ1n) is 9.56. The largest absolute Gasteiger partial charge is 0.483 e. The van der Waals surface area contributed by atoms with E-state index in [1.165, 1.54) is 6.07 Å². The van der Waals surface area contributed by atoms with E-state index in [2.05, 4.69) is 20.7 Å². The summed E-state index contributed by atoms with van der Waals surface area (Å²) in [6, 6.07) is 10.6. The molecule has 29 heavy (non-hydrogen) atoms. The summed E-state index contributed by atoms with van der Waals surface area (Å²) in [5, 5.41) is 0. The lowest BCUT2D eigenvalue weighted by molar-refractivity contribution is -0.120. The molecule has 2 aromatic carbocycles. The lowest BCUT2D eigenvalue weighted by Gasteiger charge is -2.23. The molecule has 1 heterocycles. The van der Waals surface area contributed by atoms with Crippen molar-refractivity contribution in [2.45, 2.75) is 44.6 Å². The first-order chi connectivity index (χ1) is 13.7. The van der Waals surface area contributed by atoms with Crippen LogP contribution < -0.4 is 14.4 Å². The first-order valence-corrected chi connectivity index (χ1v) is 11.8. The third-order valence-corrected chi connectivity index (χ3v) is 6.83. The third-order valence-electron chi connectivity index (χ3n) is 4.88. The Morgan fingerprint density at radius 3 is 2.72 bits per heavy atom. The zero-order valence-corrected chi connectivity index (χ0v) is 19.1. The number of aryl methyl sites for hydroxylation is 1. The predicted octanol–water partition coefficient (Wildman–Crippen LogP) is 3.80. The minimum absolute atomic E-state index is 0.0636. The van der Waals surface area contributed by atoms with Gasteiger partial charge in [-0.1, -0.05) is 22.9 Å². The second kappa shape index (κ2) is 8.85. The molecule has 0 aromatic heterocycles. The molecular formula is C21H25BrN2O4S. The smallest absolute Gasteiger partial charge is 0.265 e. The fourth-order valence-electron chi connectivity index (χ4n) is 3.46. The van der Waals surface area contributed by atoms with E-state index in [9.17, 15) is 13.2 Å². The van der Waals surface area contributed by atoms with E-state index in [0.29, 0.717) is 17.9 Å². The highest BCUT2D eigenvalue weighted by atomic mass is 79.9. The van der Waals surface area contributed by atoms with Crippen molar-refractivity contribution in [3.8, 4) is 5.75 Å². The summed E-state index contributed by atoms with van der Waals surface area (Å²) in [6.07, 6.45) is 1.52. The maximum Gasteiger partial charge on any atom is 0.265 e. The van der Waals surface area contributed by atoms with Gasteiger partial charge in [0.25, 0.3) is 5.91 Å². The normalized spacial score (nSPS) is 16.0. The van der Waals surface area contributed by atoms with Crippen molar-refractivity contribution in [1.82, 2.24) is 4.72 Å². The minimum Gasteiger partial charge on any atom is -0.483 e. The lowest BCUT2D eigenvalue weighted by Crippen LogP contribution is -2.39. The summed E-state index contributed by atoms with van der Waals surface area (Å²) in [4.78, 5) is 14.8. The molecule has 0 bridgehead atoms. The van der Waals surface area contributed by atoms with E-state index in [1.807, 2.05) is 32.0 Å². The number of ether oxygens (including phenoxy) is 1. The van der Waals surface area contributed by atoms with Crippen LogP contribution in [0.5, 0.6) is 5.75 Å². The molecule has 1 N–H and O–H groups in total. The molecule has 0 saturated carbocycles. The van der Waals surface area contributed by atoms with Crippen molar-refractivity contribution in [3.63, 3.8) is 0 Å². The van der Waals surface area contributed by atoms with Gasteiger partial charge in [0, 0.05) is 22.7 Å². The van der Waals surface area contributed by atoms with Crippen LogP contribution in [0.4, 0.5) is 5.69 Å². The Balaban J connectivity index is 1.70. The third kappa shape index (κ3) is 4.82. The van der Waals surface area contributed by atoms with E-state index >= 15 is 0 Å². The van der Waals surface area contributed by atoms with Gasteiger partial charge in [-0.2, -0.15) is 0 Å². The van der Waals surface area contributed by atoms with Crippen molar-refractivity contribution < 1.29 is 17.9 Å². The molecule has 1 aliphatic heterocycles. The maximum atomic E-state index is 12.8. The van der Waals surface area contributed by atoms with Gasteiger partial charge in [0.15, 0.2) is 6.61 Å². The average molecular weight is 481 g/mol. The zero-order chi connectivity index (χ0) is 21.2. The van der Waals surface area contributed by atoms with E-state index in [-0.39, 0.29) is 23.5 Å². The van der Waals surface area contributed by atoms with Gasteiger partial charge in [0.1, 0.15) is 5.75 Å². The molecule has 1 atom stereocenters. The fourth-order valence-corrected chi connectivity index (χ4v) is 5.09. The number of anilines is 1. The SMILES string of the molecule is CCCNS(=O)(=O)c1ccc(OCC(=O)N2c3ccc(Br)cc3C[C@@H]2C)c(C)c1. The molecule has 0 radical (unpaired) electrons. The topological polar surface area (TPSA) is 75.7 Å². The summed E-state index contributed by atoms with van der Waals surface area (Å²) in [5.41, 5.74) is 2.70. The van der Waals surface area contributed by atoms with Gasteiger partial charge in [-0.15, -0.1) is 0 Å². The van der Waals surface area contributed by atoms with E-state index in [1.54, 1.807) is 24.0 Å². The van der Waals surface area contributed by atoms with Gasteiger partial charge in [-0.3, -0.25) is 4.79 Å². The maximum absolute atomic E-state index is 12.8. The second-order valence-electron chi connectivity index (χ2n) is 7.20. The molecule has 6 nitrogen and oxygen atoms in total. The van der Waals surface area contributed by atoms with E-state index in [4.69, 9.17) is 4.74 Å². The molecule has 1 amide bonds. The Hall–Kier alpha value is -1.90. The highest BCUT2D eigenvalue weighted by Gasteiger charge is 2.31. The first kappa shape index (κ1) is 21.8. The van der Waals surface area contributed by atoms with E-state index < -0.39 is 10.0 Å². The molecule has 0 spiro atoms. The number of hydrogen-bond donors (Lipinski definition) is 1. The van der Waals surface area contributed by atoms with Crippen LogP contribution in [0.15, 0.2) is 45.8 Å².